The normalized spacial score (nSPS) is 18.2. The topological polar surface area (TPSA) is 0 Å². The number of hydrogen-bond donors (Lipinski definition) is 0. The maximum atomic E-state index is 4.23. The molecule has 0 radical (unpaired) electrons. The molecule has 6 atom stereocenters. The largest absolute Gasteiger partial charge is 0.154 e. The van der Waals surface area contributed by atoms with Crippen molar-refractivity contribution in [2.75, 3.05) is 5.75 Å². The van der Waals surface area contributed by atoms with Crippen molar-refractivity contribution < 1.29 is 0 Å². The van der Waals surface area contributed by atoms with E-state index in [0.717, 1.165) is 24.0 Å². The lowest BCUT2D eigenvalue weighted by Crippen LogP contribution is -2.23. The minimum absolute atomic E-state index is 0.647. The monoisotopic (exact) mass is 488 g/mol. The molecule has 0 aromatic carbocycles. The van der Waals surface area contributed by atoms with Crippen LogP contribution in [0.25, 0.3) is 0 Å². The maximum absolute atomic E-state index is 4.23. The van der Waals surface area contributed by atoms with E-state index in [1.54, 1.807) is 5.57 Å². The molecular formula is C33H60S. The molecule has 0 N–H and O–H groups in total. The highest BCUT2D eigenvalue weighted by molar-refractivity contribution is 8.00. The van der Waals surface area contributed by atoms with Crippen molar-refractivity contribution in [3.63, 3.8) is 0 Å². The molecule has 0 spiro atoms. The Morgan fingerprint density at radius 3 is 2.15 bits per heavy atom. The highest BCUT2D eigenvalue weighted by atomic mass is 32.2. The van der Waals surface area contributed by atoms with Crippen LogP contribution in [0.4, 0.5) is 0 Å². The summed E-state index contributed by atoms with van der Waals surface area (Å²) >= 11 is 2.12. The highest BCUT2D eigenvalue weighted by Crippen LogP contribution is 2.36. The average Bonchev–Trinajstić information content (AvgIpc) is 2.83. The standard InChI is InChI=1S/C33H60S/c1-10-15-18-20-25-33(30(9)34-26-17-12-3)31(13-4)24-21-23-27(6)29(8)32(14-5)28(7)22-19-16-11-2/h12-15,17-18,27-30,32-33H,5,10-11,16,19-26H2,1-4,6-9H3. The molecule has 0 amide bonds. The zero-order chi connectivity index (χ0) is 25.8. The Bertz CT molecular complexity index is 569. The molecule has 0 rings (SSSR count). The van der Waals surface area contributed by atoms with E-state index < -0.39 is 0 Å². The van der Waals surface area contributed by atoms with Crippen LogP contribution in [-0.2, 0) is 0 Å². The first-order valence-corrected chi connectivity index (χ1v) is 15.6. The van der Waals surface area contributed by atoms with Crippen LogP contribution in [0, 0.1) is 29.6 Å². The van der Waals surface area contributed by atoms with Gasteiger partial charge in [0.1, 0.15) is 0 Å². The van der Waals surface area contributed by atoms with Gasteiger partial charge in [-0.2, -0.15) is 11.8 Å². The average molecular weight is 489 g/mol. The molecule has 6 unspecified atom stereocenters. The summed E-state index contributed by atoms with van der Waals surface area (Å²) in [5.41, 5.74) is 1.69. The maximum Gasteiger partial charge on any atom is 0.0116 e. The van der Waals surface area contributed by atoms with Crippen LogP contribution in [0.15, 0.2) is 48.6 Å². The smallest absolute Gasteiger partial charge is 0.0116 e. The summed E-state index contributed by atoms with van der Waals surface area (Å²) in [5, 5.41) is 0.669. The van der Waals surface area contributed by atoms with Crippen molar-refractivity contribution in [1.82, 2.24) is 0 Å². The first kappa shape index (κ1) is 33.3. The Balaban J connectivity index is 4.96. The molecule has 0 aliphatic heterocycles. The fraction of sp³-hybridized carbons (Fsp3) is 0.758. The fourth-order valence-electron chi connectivity index (χ4n) is 5.39. The minimum atomic E-state index is 0.647. The van der Waals surface area contributed by atoms with E-state index >= 15 is 0 Å². The quantitative estimate of drug-likeness (QED) is 0.114. The third-order valence-electron chi connectivity index (χ3n) is 7.97. The van der Waals surface area contributed by atoms with E-state index in [-0.39, 0.29) is 0 Å². The van der Waals surface area contributed by atoms with Gasteiger partial charge in [0.25, 0.3) is 0 Å². The molecule has 0 bridgehead atoms. The lowest BCUT2D eigenvalue weighted by Gasteiger charge is -2.32. The predicted octanol–water partition coefficient (Wildman–Crippen LogP) is 11.5. The van der Waals surface area contributed by atoms with Crippen LogP contribution in [0.1, 0.15) is 120 Å². The van der Waals surface area contributed by atoms with Gasteiger partial charge in [0, 0.05) is 11.0 Å². The van der Waals surface area contributed by atoms with E-state index in [1.807, 2.05) is 0 Å². The molecule has 0 aromatic rings. The van der Waals surface area contributed by atoms with Gasteiger partial charge in [0.15, 0.2) is 0 Å². The summed E-state index contributed by atoms with van der Waals surface area (Å²) in [6, 6.07) is 0. The molecular weight excluding hydrogens is 428 g/mol. The van der Waals surface area contributed by atoms with Crippen LogP contribution >= 0.6 is 11.8 Å². The number of hydrogen-bond acceptors (Lipinski definition) is 1. The second kappa shape index (κ2) is 21.6. The van der Waals surface area contributed by atoms with Crippen LogP contribution in [0.5, 0.6) is 0 Å². The van der Waals surface area contributed by atoms with Crippen molar-refractivity contribution in [1.29, 1.82) is 0 Å². The first-order chi connectivity index (χ1) is 16.4. The van der Waals surface area contributed by atoms with Gasteiger partial charge in [-0.1, -0.05) is 116 Å². The molecule has 0 aliphatic rings. The van der Waals surface area contributed by atoms with Crippen molar-refractivity contribution >= 4 is 11.8 Å². The van der Waals surface area contributed by atoms with Gasteiger partial charge in [-0.15, -0.1) is 6.58 Å². The molecule has 0 aliphatic carbocycles. The molecule has 198 valence electrons. The van der Waals surface area contributed by atoms with E-state index in [9.17, 15) is 0 Å². The molecule has 0 fully saturated rings. The van der Waals surface area contributed by atoms with E-state index in [0.29, 0.717) is 23.0 Å². The number of allylic oxidation sites excluding steroid dienone is 6. The van der Waals surface area contributed by atoms with Crippen LogP contribution in [0.3, 0.4) is 0 Å². The van der Waals surface area contributed by atoms with Crippen LogP contribution in [0.2, 0.25) is 0 Å². The lowest BCUT2D eigenvalue weighted by atomic mass is 9.74. The summed E-state index contributed by atoms with van der Waals surface area (Å²) in [5.74, 6) is 4.69. The van der Waals surface area contributed by atoms with Gasteiger partial charge >= 0.3 is 0 Å². The van der Waals surface area contributed by atoms with E-state index in [4.69, 9.17) is 0 Å². The Morgan fingerprint density at radius 2 is 1.56 bits per heavy atom. The molecule has 0 saturated carbocycles. The highest BCUT2D eigenvalue weighted by Gasteiger charge is 2.25. The second-order valence-electron chi connectivity index (χ2n) is 10.5. The van der Waals surface area contributed by atoms with Gasteiger partial charge in [0.05, 0.1) is 0 Å². The lowest BCUT2D eigenvalue weighted by molar-refractivity contribution is 0.217. The Morgan fingerprint density at radius 1 is 0.853 bits per heavy atom. The van der Waals surface area contributed by atoms with Crippen molar-refractivity contribution in [3.05, 3.63) is 48.6 Å². The van der Waals surface area contributed by atoms with Crippen molar-refractivity contribution in [2.24, 2.45) is 29.6 Å². The number of thioether (sulfide) groups is 1. The van der Waals surface area contributed by atoms with Gasteiger partial charge in [0.2, 0.25) is 0 Å². The summed E-state index contributed by atoms with van der Waals surface area (Å²) in [4.78, 5) is 0. The predicted molar refractivity (Wildman–Crippen MR) is 162 cm³/mol. The molecule has 0 aromatic heterocycles. The molecule has 0 nitrogen and oxygen atoms in total. The molecule has 34 heavy (non-hydrogen) atoms. The Hall–Kier alpha value is -0.690. The summed E-state index contributed by atoms with van der Waals surface area (Å²) in [6.07, 6.45) is 26.8. The molecule has 0 saturated heterocycles. The van der Waals surface area contributed by atoms with E-state index in [1.165, 1.54) is 57.8 Å². The number of rotatable bonds is 21. The van der Waals surface area contributed by atoms with Gasteiger partial charge in [-0.05, 0) is 75.5 Å². The summed E-state index contributed by atoms with van der Waals surface area (Å²) in [6.45, 7) is 23.0. The van der Waals surface area contributed by atoms with Crippen LogP contribution < -0.4 is 0 Å². The number of unbranched alkanes of at least 4 members (excludes halogenated alkanes) is 2. The summed E-state index contributed by atoms with van der Waals surface area (Å²) < 4.78 is 0. The van der Waals surface area contributed by atoms with Crippen molar-refractivity contribution in [2.45, 2.75) is 125 Å². The van der Waals surface area contributed by atoms with E-state index in [2.05, 4.69) is 110 Å². The molecule has 0 heterocycles. The first-order valence-electron chi connectivity index (χ1n) is 14.5. The third-order valence-corrected chi connectivity index (χ3v) is 9.21. The third kappa shape index (κ3) is 14.0. The second-order valence-corrected chi connectivity index (χ2v) is 12.0. The van der Waals surface area contributed by atoms with Gasteiger partial charge in [-0.25, -0.2) is 0 Å². The summed E-state index contributed by atoms with van der Waals surface area (Å²) in [7, 11) is 0. The van der Waals surface area contributed by atoms with Gasteiger partial charge in [-0.3, -0.25) is 0 Å². The Labute approximate surface area is 220 Å². The SMILES string of the molecule is C=CC(C(C)CCCCC)C(C)C(C)CCCC(=CC)C(CCC=CCC)C(C)SCC=CC. The Kier molecular flexibility index (Phi) is 21.1. The minimum Gasteiger partial charge on any atom is -0.154 e. The van der Waals surface area contributed by atoms with Crippen molar-refractivity contribution in [3.8, 4) is 0 Å². The van der Waals surface area contributed by atoms with Crippen LogP contribution in [-0.4, -0.2) is 11.0 Å². The van der Waals surface area contributed by atoms with Gasteiger partial charge < -0.3 is 0 Å². The fourth-order valence-corrected chi connectivity index (χ4v) is 6.54. The zero-order valence-corrected chi connectivity index (χ0v) is 25.1. The molecule has 1 heteroatoms. The zero-order valence-electron chi connectivity index (χ0n) is 24.3.